The predicted octanol–water partition coefficient (Wildman–Crippen LogP) is 3.52. The summed E-state index contributed by atoms with van der Waals surface area (Å²) in [6.07, 6.45) is 5.04. The third kappa shape index (κ3) is 4.52. The maximum atomic E-state index is 5.54. The van der Waals surface area contributed by atoms with Crippen LogP contribution in [-0.4, -0.2) is 43.4 Å². The predicted molar refractivity (Wildman–Crippen MR) is 118 cm³/mol. The molecule has 0 spiro atoms. The van der Waals surface area contributed by atoms with Gasteiger partial charge < -0.3 is 20.1 Å². The van der Waals surface area contributed by atoms with Crippen LogP contribution in [0.15, 0.2) is 23.2 Å². The van der Waals surface area contributed by atoms with Gasteiger partial charge in [-0.3, -0.25) is 4.99 Å². The van der Waals surface area contributed by atoms with E-state index in [1.165, 1.54) is 37.0 Å². The summed E-state index contributed by atoms with van der Waals surface area (Å²) in [6, 6.07) is 6.34. The molecule has 144 valence electrons. The van der Waals surface area contributed by atoms with Crippen molar-refractivity contribution in [1.29, 1.82) is 0 Å². The van der Waals surface area contributed by atoms with Crippen molar-refractivity contribution in [2.75, 3.05) is 32.2 Å². The van der Waals surface area contributed by atoms with E-state index in [9.17, 15) is 0 Å². The van der Waals surface area contributed by atoms with E-state index in [0.717, 1.165) is 42.3 Å². The number of guanidine groups is 1. The maximum Gasteiger partial charge on any atom is 0.231 e. The molecule has 1 unspecified atom stereocenters. The van der Waals surface area contributed by atoms with E-state index in [1.807, 2.05) is 6.07 Å². The Morgan fingerprint density at radius 1 is 1.27 bits per heavy atom. The highest BCUT2D eigenvalue weighted by atomic mass is 127. The number of hydrogen-bond acceptors (Lipinski definition) is 4. The molecule has 1 aliphatic carbocycles. The molecule has 7 heteroatoms. The Labute approximate surface area is 177 Å². The maximum absolute atomic E-state index is 5.54. The molecule has 5 nitrogen and oxygen atoms in total. The molecule has 0 amide bonds. The van der Waals surface area contributed by atoms with Gasteiger partial charge in [-0.05, 0) is 56.1 Å². The van der Waals surface area contributed by atoms with Crippen LogP contribution in [-0.2, 0) is 5.41 Å². The molecule has 3 aliphatic rings. The summed E-state index contributed by atoms with van der Waals surface area (Å²) in [4.78, 5) is 4.89. The number of halogens is 1. The van der Waals surface area contributed by atoms with Gasteiger partial charge in [-0.25, -0.2) is 0 Å². The SMILES string of the molecule is CCNC(=NCC1(c2ccc3c(c2)OCO3)CC1)NCC1CCCS1.I. The normalized spacial score (nSPS) is 22.7. The highest BCUT2D eigenvalue weighted by molar-refractivity contribution is 14.0. The minimum Gasteiger partial charge on any atom is -0.454 e. The van der Waals surface area contributed by atoms with Crippen molar-refractivity contribution >= 4 is 41.7 Å². The molecular formula is C19H28IN3O2S. The van der Waals surface area contributed by atoms with Gasteiger partial charge in [0.2, 0.25) is 6.79 Å². The lowest BCUT2D eigenvalue weighted by Gasteiger charge is -2.17. The summed E-state index contributed by atoms with van der Waals surface area (Å²) in [5.41, 5.74) is 1.49. The Bertz CT molecular complexity index is 646. The first-order chi connectivity index (χ1) is 12.3. The fourth-order valence-corrected chi connectivity index (χ4v) is 4.70. The second kappa shape index (κ2) is 8.91. The molecule has 1 aromatic carbocycles. The standard InChI is InChI=1S/C19H27N3O2S.HI/c1-2-20-18(21-11-15-4-3-9-25-15)22-12-19(7-8-19)14-5-6-16-17(10-14)24-13-23-16;/h5-6,10,15H,2-4,7-9,11-13H2,1H3,(H2,20,21,22);1H. The average Bonchev–Trinajstić information content (AvgIpc) is 3.04. The minimum atomic E-state index is 0. The van der Waals surface area contributed by atoms with Crippen LogP contribution in [0.5, 0.6) is 11.5 Å². The van der Waals surface area contributed by atoms with Gasteiger partial charge >= 0.3 is 0 Å². The van der Waals surface area contributed by atoms with Crippen molar-refractivity contribution in [3.63, 3.8) is 0 Å². The van der Waals surface area contributed by atoms with E-state index in [4.69, 9.17) is 14.5 Å². The van der Waals surface area contributed by atoms with Gasteiger partial charge in [-0.1, -0.05) is 6.07 Å². The minimum absolute atomic E-state index is 0. The second-order valence-electron chi connectivity index (χ2n) is 7.06. The monoisotopic (exact) mass is 489 g/mol. The number of thioether (sulfide) groups is 1. The van der Waals surface area contributed by atoms with Crippen LogP contribution in [0.2, 0.25) is 0 Å². The molecule has 2 heterocycles. The average molecular weight is 489 g/mol. The lowest BCUT2D eigenvalue weighted by atomic mass is 9.96. The lowest BCUT2D eigenvalue weighted by molar-refractivity contribution is 0.174. The van der Waals surface area contributed by atoms with E-state index in [2.05, 4.69) is 41.5 Å². The van der Waals surface area contributed by atoms with Crippen LogP contribution < -0.4 is 20.1 Å². The van der Waals surface area contributed by atoms with Crippen molar-refractivity contribution in [2.45, 2.75) is 43.3 Å². The highest BCUT2D eigenvalue weighted by Gasteiger charge is 2.44. The Morgan fingerprint density at radius 3 is 2.85 bits per heavy atom. The Hall–Kier alpha value is -0.830. The molecule has 2 N–H and O–H groups in total. The van der Waals surface area contributed by atoms with Crippen LogP contribution in [0.4, 0.5) is 0 Å². The molecule has 1 saturated heterocycles. The molecule has 0 aromatic heterocycles. The number of nitrogens with one attached hydrogen (secondary N) is 2. The first-order valence-electron chi connectivity index (χ1n) is 9.33. The Morgan fingerprint density at radius 2 is 2.12 bits per heavy atom. The van der Waals surface area contributed by atoms with Gasteiger partial charge in [-0.15, -0.1) is 24.0 Å². The summed E-state index contributed by atoms with van der Waals surface area (Å²) in [7, 11) is 0. The number of fused-ring (bicyclic) bond motifs is 1. The third-order valence-corrected chi connectivity index (χ3v) is 6.64. The lowest BCUT2D eigenvalue weighted by Crippen LogP contribution is -2.40. The summed E-state index contributed by atoms with van der Waals surface area (Å²) >= 11 is 2.08. The first-order valence-corrected chi connectivity index (χ1v) is 10.4. The summed E-state index contributed by atoms with van der Waals surface area (Å²) in [6.45, 7) is 5.16. The number of nitrogens with zero attached hydrogens (tertiary/aromatic N) is 1. The van der Waals surface area contributed by atoms with Crippen LogP contribution in [0, 0.1) is 0 Å². The van der Waals surface area contributed by atoms with Gasteiger partial charge in [0.25, 0.3) is 0 Å². The summed E-state index contributed by atoms with van der Waals surface area (Å²) in [5, 5.41) is 7.64. The van der Waals surface area contributed by atoms with Gasteiger partial charge in [0.05, 0.1) is 6.54 Å². The number of hydrogen-bond donors (Lipinski definition) is 2. The molecule has 1 atom stereocenters. The first kappa shape index (κ1) is 19.9. The molecule has 2 aliphatic heterocycles. The Balaban J connectivity index is 0.00000196. The summed E-state index contributed by atoms with van der Waals surface area (Å²) < 4.78 is 11.0. The molecule has 0 radical (unpaired) electrons. The Kier molecular flexibility index (Phi) is 6.82. The molecule has 1 saturated carbocycles. The molecule has 0 bridgehead atoms. The highest BCUT2D eigenvalue weighted by Crippen LogP contribution is 2.50. The van der Waals surface area contributed by atoms with Crippen LogP contribution in [0.1, 0.15) is 38.2 Å². The van der Waals surface area contributed by atoms with Gasteiger partial charge in [-0.2, -0.15) is 11.8 Å². The third-order valence-electron chi connectivity index (χ3n) is 5.24. The second-order valence-corrected chi connectivity index (χ2v) is 8.47. The molecule has 26 heavy (non-hydrogen) atoms. The van der Waals surface area contributed by atoms with E-state index in [0.29, 0.717) is 6.79 Å². The largest absolute Gasteiger partial charge is 0.454 e. The van der Waals surface area contributed by atoms with E-state index in [-0.39, 0.29) is 29.4 Å². The number of rotatable bonds is 6. The van der Waals surface area contributed by atoms with Gasteiger partial charge in [0, 0.05) is 23.8 Å². The van der Waals surface area contributed by atoms with E-state index >= 15 is 0 Å². The smallest absolute Gasteiger partial charge is 0.231 e. The van der Waals surface area contributed by atoms with Gasteiger partial charge in [0.1, 0.15) is 0 Å². The zero-order valence-electron chi connectivity index (χ0n) is 15.3. The van der Waals surface area contributed by atoms with Crippen LogP contribution in [0.3, 0.4) is 0 Å². The molecule has 1 aromatic rings. The zero-order chi connectivity index (χ0) is 17.1. The number of aliphatic imine (C=N–C) groups is 1. The van der Waals surface area contributed by atoms with E-state index in [1.54, 1.807) is 0 Å². The quantitative estimate of drug-likeness (QED) is 0.364. The van der Waals surface area contributed by atoms with Gasteiger partial charge in [0.15, 0.2) is 17.5 Å². The number of benzene rings is 1. The number of ether oxygens (including phenoxy) is 2. The fourth-order valence-electron chi connectivity index (χ4n) is 3.50. The van der Waals surface area contributed by atoms with Crippen molar-refractivity contribution < 1.29 is 9.47 Å². The van der Waals surface area contributed by atoms with Crippen molar-refractivity contribution in [1.82, 2.24) is 10.6 Å². The fraction of sp³-hybridized carbons (Fsp3) is 0.632. The topological polar surface area (TPSA) is 54.9 Å². The van der Waals surface area contributed by atoms with Crippen molar-refractivity contribution in [3.8, 4) is 11.5 Å². The van der Waals surface area contributed by atoms with E-state index < -0.39 is 0 Å². The van der Waals surface area contributed by atoms with Crippen molar-refractivity contribution in [3.05, 3.63) is 23.8 Å². The van der Waals surface area contributed by atoms with Crippen molar-refractivity contribution in [2.24, 2.45) is 4.99 Å². The zero-order valence-corrected chi connectivity index (χ0v) is 18.4. The molecular weight excluding hydrogens is 461 g/mol. The summed E-state index contributed by atoms with van der Waals surface area (Å²) in [5.74, 6) is 3.97. The van der Waals surface area contributed by atoms with Crippen LogP contribution in [0.25, 0.3) is 0 Å². The molecule has 2 fully saturated rings. The molecule has 4 rings (SSSR count). The van der Waals surface area contributed by atoms with Crippen LogP contribution >= 0.6 is 35.7 Å².